The van der Waals surface area contributed by atoms with Crippen LogP contribution in [0.15, 0.2) is 70.8 Å². The van der Waals surface area contributed by atoms with Gasteiger partial charge in [-0.3, -0.25) is 0 Å². The van der Waals surface area contributed by atoms with E-state index in [-0.39, 0.29) is 0 Å². The zero-order valence-electron chi connectivity index (χ0n) is 13.8. The second-order valence-electron chi connectivity index (χ2n) is 6.49. The Kier molecular flexibility index (Phi) is 6.02. The van der Waals surface area contributed by atoms with Crippen LogP contribution in [0.5, 0.6) is 0 Å². The second-order valence-corrected chi connectivity index (χ2v) is 13.6. The van der Waals surface area contributed by atoms with E-state index in [2.05, 4.69) is 98.3 Å². The topological polar surface area (TPSA) is 0 Å². The molecule has 0 aliphatic heterocycles. The first-order chi connectivity index (χ1) is 10.4. The van der Waals surface area contributed by atoms with Crippen molar-refractivity contribution in [1.29, 1.82) is 0 Å². The van der Waals surface area contributed by atoms with Crippen molar-refractivity contribution in [3.05, 3.63) is 82.0 Å². The summed E-state index contributed by atoms with van der Waals surface area (Å²) in [6, 6.07) is 19.5. The van der Waals surface area contributed by atoms with Gasteiger partial charge in [0, 0.05) is 0 Å². The summed E-state index contributed by atoms with van der Waals surface area (Å²) in [6.45, 7) is 9.36. The normalized spacial score (nSPS) is 12.8. The Morgan fingerprint density at radius 2 is 1.55 bits per heavy atom. The maximum absolute atomic E-state index is 2.41. The summed E-state index contributed by atoms with van der Waals surface area (Å²) in [7, 11) is -1.33. The molecular weight excluding hydrogens is 347 g/mol. The monoisotopic (exact) mass is 372 g/mol. The molecule has 0 aromatic heterocycles. The number of benzene rings is 2. The molecule has 0 bridgehead atoms. The predicted molar refractivity (Wildman–Crippen MR) is 103 cm³/mol. The molecule has 2 heteroatoms. The van der Waals surface area contributed by atoms with Gasteiger partial charge in [0.25, 0.3) is 0 Å². The number of rotatable bonds is 5. The van der Waals surface area contributed by atoms with Crippen LogP contribution in [0, 0.1) is 6.92 Å². The first-order valence-electron chi connectivity index (χ1n) is 7.62. The first-order valence-corrected chi connectivity index (χ1v) is 13.0. The fourth-order valence-electron chi connectivity index (χ4n) is 2.05. The molecule has 22 heavy (non-hydrogen) atoms. The van der Waals surface area contributed by atoms with Gasteiger partial charge in [0.1, 0.15) is 0 Å². The Morgan fingerprint density at radius 1 is 0.909 bits per heavy atom. The average molecular weight is 371 g/mol. The standard InChI is InChI=1S/C20H24SeSi/c1-17-10-12-19(13-11-17)21-15-14-20(22(2,3)4)16-18-8-6-5-7-9-18/h5-16H,1-4H3/b15-14+,20-16-. The summed E-state index contributed by atoms with van der Waals surface area (Å²) >= 11 is 0.406. The van der Waals surface area contributed by atoms with Crippen LogP contribution < -0.4 is 4.46 Å². The van der Waals surface area contributed by atoms with E-state index >= 15 is 0 Å². The number of hydrogen-bond acceptors (Lipinski definition) is 0. The van der Waals surface area contributed by atoms with Gasteiger partial charge in [0.05, 0.1) is 0 Å². The van der Waals surface area contributed by atoms with E-state index in [1.54, 1.807) is 0 Å². The summed E-state index contributed by atoms with van der Waals surface area (Å²) in [5.41, 5.74) is 2.63. The van der Waals surface area contributed by atoms with Gasteiger partial charge in [-0.15, -0.1) is 0 Å². The maximum atomic E-state index is 2.41. The quantitative estimate of drug-likeness (QED) is 0.523. The molecule has 0 aliphatic rings. The van der Waals surface area contributed by atoms with E-state index < -0.39 is 8.07 Å². The summed E-state index contributed by atoms with van der Waals surface area (Å²) in [5, 5.41) is 1.51. The minimum atomic E-state index is -1.33. The molecule has 0 aliphatic carbocycles. The van der Waals surface area contributed by atoms with Gasteiger partial charge in [-0.1, -0.05) is 0 Å². The van der Waals surface area contributed by atoms with E-state index in [1.165, 1.54) is 20.8 Å². The molecule has 114 valence electrons. The molecule has 0 amide bonds. The molecule has 0 unspecified atom stereocenters. The van der Waals surface area contributed by atoms with Crippen LogP contribution in [0.1, 0.15) is 11.1 Å². The number of allylic oxidation sites excluding steroid dienone is 2. The summed E-state index contributed by atoms with van der Waals surface area (Å²) < 4.78 is 1.43. The molecule has 0 atom stereocenters. The van der Waals surface area contributed by atoms with E-state index in [0.29, 0.717) is 15.0 Å². The van der Waals surface area contributed by atoms with Crippen LogP contribution in [-0.2, 0) is 0 Å². The minimum absolute atomic E-state index is 0.406. The van der Waals surface area contributed by atoms with E-state index in [9.17, 15) is 0 Å². The van der Waals surface area contributed by atoms with E-state index in [1.807, 2.05) is 0 Å². The Hall–Kier alpha value is -1.34. The van der Waals surface area contributed by atoms with E-state index in [4.69, 9.17) is 0 Å². The Morgan fingerprint density at radius 3 is 2.14 bits per heavy atom. The van der Waals surface area contributed by atoms with Gasteiger partial charge in [0.2, 0.25) is 0 Å². The van der Waals surface area contributed by atoms with Crippen LogP contribution in [-0.4, -0.2) is 23.0 Å². The Labute approximate surface area is 142 Å². The summed E-state index contributed by atoms with van der Waals surface area (Å²) in [5.74, 6) is 0. The zero-order valence-corrected chi connectivity index (χ0v) is 16.5. The van der Waals surface area contributed by atoms with Crippen LogP contribution in [0.3, 0.4) is 0 Å². The van der Waals surface area contributed by atoms with Gasteiger partial charge in [0.15, 0.2) is 0 Å². The van der Waals surface area contributed by atoms with Crippen LogP contribution in [0.4, 0.5) is 0 Å². The van der Waals surface area contributed by atoms with Gasteiger partial charge in [-0.25, -0.2) is 0 Å². The molecule has 2 aromatic carbocycles. The van der Waals surface area contributed by atoms with Crippen molar-refractivity contribution in [2.75, 3.05) is 0 Å². The number of hydrogen-bond donors (Lipinski definition) is 0. The van der Waals surface area contributed by atoms with Crippen LogP contribution in [0.2, 0.25) is 19.6 Å². The van der Waals surface area contributed by atoms with Gasteiger partial charge in [-0.05, 0) is 0 Å². The molecule has 0 radical (unpaired) electrons. The van der Waals surface area contributed by atoms with Crippen molar-refractivity contribution in [2.45, 2.75) is 26.6 Å². The van der Waals surface area contributed by atoms with Gasteiger partial charge in [-0.2, -0.15) is 0 Å². The van der Waals surface area contributed by atoms with Crippen molar-refractivity contribution >= 4 is 33.6 Å². The molecule has 0 saturated heterocycles. The average Bonchev–Trinajstić information content (AvgIpc) is 2.48. The Balaban J connectivity index is 2.15. The molecule has 2 aromatic rings. The fourth-order valence-corrected chi connectivity index (χ4v) is 4.89. The third-order valence-electron chi connectivity index (χ3n) is 3.46. The van der Waals surface area contributed by atoms with Gasteiger partial charge >= 0.3 is 142 Å². The molecule has 0 heterocycles. The van der Waals surface area contributed by atoms with Crippen LogP contribution in [0.25, 0.3) is 6.08 Å². The molecular formula is C20H24SeSi. The van der Waals surface area contributed by atoms with Crippen molar-refractivity contribution in [1.82, 2.24) is 0 Å². The summed E-state index contributed by atoms with van der Waals surface area (Å²) in [6.07, 6.45) is 4.72. The Bertz CT molecular complexity index is 646. The molecule has 0 spiro atoms. The first kappa shape index (κ1) is 17.0. The third kappa shape index (κ3) is 5.45. The molecule has 0 fully saturated rings. The van der Waals surface area contributed by atoms with Crippen LogP contribution >= 0.6 is 0 Å². The molecule has 0 saturated carbocycles. The number of aryl methyl sites for hydroxylation is 1. The van der Waals surface area contributed by atoms with Crippen molar-refractivity contribution in [2.24, 2.45) is 0 Å². The van der Waals surface area contributed by atoms with E-state index in [0.717, 1.165) is 0 Å². The molecule has 0 nitrogen and oxygen atoms in total. The third-order valence-corrected chi connectivity index (χ3v) is 7.22. The second kappa shape index (κ2) is 7.78. The summed E-state index contributed by atoms with van der Waals surface area (Å²) in [4.78, 5) is 2.37. The van der Waals surface area contributed by atoms with Crippen molar-refractivity contribution < 1.29 is 0 Å². The zero-order chi connectivity index (χ0) is 16.0. The van der Waals surface area contributed by atoms with Gasteiger partial charge < -0.3 is 0 Å². The van der Waals surface area contributed by atoms with Crippen molar-refractivity contribution in [3.8, 4) is 0 Å². The van der Waals surface area contributed by atoms with Crippen molar-refractivity contribution in [3.63, 3.8) is 0 Å². The molecule has 0 N–H and O–H groups in total. The molecule has 2 rings (SSSR count). The fraction of sp³-hybridized carbons (Fsp3) is 0.200. The predicted octanol–water partition coefficient (Wildman–Crippen LogP) is 4.80. The SMILES string of the molecule is Cc1ccc([Se]/C=C/C(=C/c2ccccc2)[Si](C)(C)C)cc1.